The number of nitrogens with one attached hydrogen (secondary N) is 1. The summed E-state index contributed by atoms with van der Waals surface area (Å²) in [5.74, 6) is 0.280. The maximum Gasteiger partial charge on any atom is 0.265 e. The summed E-state index contributed by atoms with van der Waals surface area (Å²) in [4.78, 5) is 19.6. The van der Waals surface area contributed by atoms with Crippen LogP contribution in [0.15, 0.2) is 0 Å². The Kier molecular flexibility index (Phi) is 5.85. The predicted octanol–water partition coefficient (Wildman–Crippen LogP) is 3.02. The normalized spacial score (nSPS) is 16.0. The van der Waals surface area contributed by atoms with Gasteiger partial charge in [0.05, 0.1) is 0 Å². The van der Waals surface area contributed by atoms with E-state index in [9.17, 15) is 4.79 Å². The van der Waals surface area contributed by atoms with E-state index < -0.39 is 0 Å². The minimum Gasteiger partial charge on any atom is -0.382 e. The fourth-order valence-electron chi connectivity index (χ4n) is 2.62. The second-order valence-electron chi connectivity index (χ2n) is 5.60. The highest BCUT2D eigenvalue weighted by Gasteiger charge is 2.21. The van der Waals surface area contributed by atoms with Crippen molar-refractivity contribution in [3.8, 4) is 0 Å². The van der Waals surface area contributed by atoms with Crippen molar-refractivity contribution >= 4 is 28.2 Å². The molecule has 1 aliphatic rings. The van der Waals surface area contributed by atoms with Crippen molar-refractivity contribution in [3.63, 3.8) is 0 Å². The zero-order valence-electron chi connectivity index (χ0n) is 13.0. The Labute approximate surface area is 130 Å². The number of anilines is 2. The Balaban J connectivity index is 2.09. The average Bonchev–Trinajstić information content (AvgIpc) is 2.71. The molecule has 0 atom stereocenters. The molecular weight excluding hydrogens is 284 g/mol. The van der Waals surface area contributed by atoms with Gasteiger partial charge in [0.15, 0.2) is 5.13 Å². The third-order valence-corrected chi connectivity index (χ3v) is 5.18. The molecule has 21 heavy (non-hydrogen) atoms. The van der Waals surface area contributed by atoms with Crippen LogP contribution in [-0.4, -0.2) is 30.0 Å². The highest BCUT2D eigenvalue weighted by Crippen LogP contribution is 2.29. The largest absolute Gasteiger partial charge is 0.382 e. The van der Waals surface area contributed by atoms with Gasteiger partial charge in [-0.2, -0.15) is 0 Å². The highest BCUT2D eigenvalue weighted by molar-refractivity contribution is 7.18. The van der Waals surface area contributed by atoms with Gasteiger partial charge in [0.2, 0.25) is 0 Å². The molecule has 3 N–H and O–H groups in total. The second-order valence-corrected chi connectivity index (χ2v) is 6.58. The molecule has 0 saturated carbocycles. The SMILES string of the molecule is CCC(CC)NC(=O)c1sc(N2CCCCCC2)nc1N. The van der Waals surface area contributed by atoms with Gasteiger partial charge < -0.3 is 16.0 Å². The van der Waals surface area contributed by atoms with Crippen LogP contribution in [-0.2, 0) is 0 Å². The number of nitrogen functional groups attached to an aromatic ring is 1. The first-order valence-corrected chi connectivity index (χ1v) is 8.79. The van der Waals surface area contributed by atoms with E-state index in [1.54, 1.807) is 0 Å². The van der Waals surface area contributed by atoms with Gasteiger partial charge in [0.25, 0.3) is 5.91 Å². The van der Waals surface area contributed by atoms with Crippen LogP contribution in [0.4, 0.5) is 10.9 Å². The van der Waals surface area contributed by atoms with E-state index in [-0.39, 0.29) is 11.9 Å². The van der Waals surface area contributed by atoms with Crippen LogP contribution >= 0.6 is 11.3 Å². The van der Waals surface area contributed by atoms with Crippen LogP contribution in [0, 0.1) is 0 Å². The topological polar surface area (TPSA) is 71.2 Å². The van der Waals surface area contributed by atoms with E-state index in [0.29, 0.717) is 10.7 Å². The van der Waals surface area contributed by atoms with Crippen molar-refractivity contribution in [3.05, 3.63) is 4.88 Å². The van der Waals surface area contributed by atoms with Gasteiger partial charge >= 0.3 is 0 Å². The number of aromatic nitrogens is 1. The third kappa shape index (κ3) is 4.09. The van der Waals surface area contributed by atoms with Crippen molar-refractivity contribution in [1.82, 2.24) is 10.3 Å². The molecule has 0 spiro atoms. The van der Waals surface area contributed by atoms with Crippen LogP contribution in [0.5, 0.6) is 0 Å². The lowest BCUT2D eigenvalue weighted by Crippen LogP contribution is -2.33. The van der Waals surface area contributed by atoms with Gasteiger partial charge in [-0.3, -0.25) is 4.79 Å². The maximum absolute atomic E-state index is 12.3. The number of amides is 1. The lowest BCUT2D eigenvalue weighted by atomic mass is 10.2. The summed E-state index contributed by atoms with van der Waals surface area (Å²) < 4.78 is 0. The zero-order chi connectivity index (χ0) is 15.2. The van der Waals surface area contributed by atoms with Gasteiger partial charge in [-0.1, -0.05) is 38.0 Å². The molecular formula is C15H26N4OS. The average molecular weight is 310 g/mol. The Bertz CT molecular complexity index is 462. The fourth-order valence-corrected chi connectivity index (χ4v) is 3.56. The summed E-state index contributed by atoms with van der Waals surface area (Å²) in [5.41, 5.74) is 5.96. The summed E-state index contributed by atoms with van der Waals surface area (Å²) >= 11 is 1.42. The predicted molar refractivity (Wildman–Crippen MR) is 89.0 cm³/mol. The van der Waals surface area contributed by atoms with Crippen molar-refractivity contribution in [1.29, 1.82) is 0 Å². The molecule has 2 heterocycles. The number of rotatable bonds is 5. The van der Waals surface area contributed by atoms with Gasteiger partial charge in [-0.05, 0) is 25.7 Å². The summed E-state index contributed by atoms with van der Waals surface area (Å²) in [6.45, 7) is 6.18. The Morgan fingerprint density at radius 2 is 1.90 bits per heavy atom. The molecule has 0 unspecified atom stereocenters. The molecule has 1 amide bonds. The molecule has 1 aliphatic heterocycles. The molecule has 0 bridgehead atoms. The van der Waals surface area contributed by atoms with Crippen LogP contribution in [0.1, 0.15) is 62.0 Å². The first kappa shape index (κ1) is 16.1. The molecule has 1 saturated heterocycles. The number of nitrogens with two attached hydrogens (primary N) is 1. The number of carbonyl (C=O) groups is 1. The number of hydrogen-bond acceptors (Lipinski definition) is 5. The maximum atomic E-state index is 12.3. The summed E-state index contributed by atoms with van der Waals surface area (Å²) in [6.07, 6.45) is 6.79. The van der Waals surface area contributed by atoms with Gasteiger partial charge in [-0.15, -0.1) is 0 Å². The Morgan fingerprint density at radius 1 is 1.29 bits per heavy atom. The van der Waals surface area contributed by atoms with Crippen molar-refractivity contribution < 1.29 is 4.79 Å². The number of hydrogen-bond donors (Lipinski definition) is 2. The molecule has 5 nitrogen and oxygen atoms in total. The monoisotopic (exact) mass is 310 g/mol. The Morgan fingerprint density at radius 3 is 2.48 bits per heavy atom. The van der Waals surface area contributed by atoms with Crippen LogP contribution in [0.25, 0.3) is 0 Å². The van der Waals surface area contributed by atoms with E-state index >= 15 is 0 Å². The molecule has 1 fully saturated rings. The summed E-state index contributed by atoms with van der Waals surface area (Å²) in [5, 5.41) is 3.93. The summed E-state index contributed by atoms with van der Waals surface area (Å²) in [6, 6.07) is 0.209. The molecule has 0 radical (unpaired) electrons. The molecule has 0 aromatic carbocycles. The lowest BCUT2D eigenvalue weighted by Gasteiger charge is -2.18. The lowest BCUT2D eigenvalue weighted by molar-refractivity contribution is 0.0939. The van der Waals surface area contributed by atoms with E-state index in [1.165, 1.54) is 37.0 Å². The first-order valence-electron chi connectivity index (χ1n) is 7.97. The van der Waals surface area contributed by atoms with E-state index in [1.807, 2.05) is 0 Å². The molecule has 0 aliphatic carbocycles. The third-order valence-electron chi connectivity index (χ3n) is 4.05. The zero-order valence-corrected chi connectivity index (χ0v) is 13.8. The molecule has 1 aromatic heterocycles. The smallest absolute Gasteiger partial charge is 0.265 e. The van der Waals surface area contributed by atoms with Crippen LogP contribution in [0.2, 0.25) is 0 Å². The molecule has 118 valence electrons. The molecule has 2 rings (SSSR count). The minimum atomic E-state index is -0.0835. The summed E-state index contributed by atoms with van der Waals surface area (Å²) in [7, 11) is 0. The first-order chi connectivity index (χ1) is 10.2. The fraction of sp³-hybridized carbons (Fsp3) is 0.733. The second kappa shape index (κ2) is 7.64. The highest BCUT2D eigenvalue weighted by atomic mass is 32.1. The van der Waals surface area contributed by atoms with Gasteiger partial charge in [-0.25, -0.2) is 4.98 Å². The minimum absolute atomic E-state index is 0.0835. The quantitative estimate of drug-likeness (QED) is 0.877. The number of nitrogens with zero attached hydrogens (tertiary/aromatic N) is 2. The number of carbonyl (C=O) groups excluding carboxylic acids is 1. The van der Waals surface area contributed by atoms with E-state index in [4.69, 9.17) is 5.73 Å². The Hall–Kier alpha value is -1.30. The van der Waals surface area contributed by atoms with Crippen LogP contribution < -0.4 is 16.0 Å². The van der Waals surface area contributed by atoms with Crippen LogP contribution in [0.3, 0.4) is 0 Å². The van der Waals surface area contributed by atoms with Gasteiger partial charge in [0.1, 0.15) is 10.7 Å². The molecule has 1 aromatic rings. The van der Waals surface area contributed by atoms with E-state index in [2.05, 4.69) is 29.0 Å². The van der Waals surface area contributed by atoms with Gasteiger partial charge in [0, 0.05) is 19.1 Å². The molecule has 6 heteroatoms. The standard InChI is InChI=1S/C15H26N4OS/c1-3-11(4-2)17-14(20)12-13(16)18-15(21-12)19-9-7-5-6-8-10-19/h11H,3-10,16H2,1-2H3,(H,17,20). The van der Waals surface area contributed by atoms with Crippen molar-refractivity contribution in [2.24, 2.45) is 0 Å². The van der Waals surface area contributed by atoms with Crippen molar-refractivity contribution in [2.45, 2.75) is 58.4 Å². The van der Waals surface area contributed by atoms with Crippen molar-refractivity contribution in [2.75, 3.05) is 23.7 Å². The van der Waals surface area contributed by atoms with E-state index in [0.717, 1.165) is 31.1 Å². The number of thiazole rings is 1.